The van der Waals surface area contributed by atoms with Crippen molar-refractivity contribution in [1.82, 2.24) is 0 Å². The first-order valence-electron chi connectivity index (χ1n) is 5.66. The van der Waals surface area contributed by atoms with Crippen molar-refractivity contribution in [2.45, 2.75) is 32.8 Å². The van der Waals surface area contributed by atoms with Crippen LogP contribution in [-0.4, -0.2) is 5.11 Å². The molecule has 0 saturated heterocycles. The maximum Gasteiger partial charge on any atom is 0.0687 e. The molecule has 0 atom stereocenters. The molecule has 0 spiro atoms. The molecule has 2 aromatic carbocycles. The lowest BCUT2D eigenvalue weighted by molar-refractivity contribution is 0.283. The third-order valence-corrected chi connectivity index (χ3v) is 2.99. The largest absolute Gasteiger partial charge is 0.392 e. The molecule has 0 unspecified atom stereocenters. The highest BCUT2D eigenvalue weighted by atomic mass is 16.3. The average molecular weight is 214 g/mol. The Morgan fingerprint density at radius 1 is 0.938 bits per heavy atom. The van der Waals surface area contributed by atoms with Crippen LogP contribution in [0.3, 0.4) is 0 Å². The predicted octanol–water partition coefficient (Wildman–Crippen LogP) is 3.63. The van der Waals surface area contributed by atoms with E-state index in [1.807, 2.05) is 12.1 Å². The van der Waals surface area contributed by atoms with Crippen molar-refractivity contribution in [3.05, 3.63) is 47.5 Å². The van der Waals surface area contributed by atoms with Crippen LogP contribution >= 0.6 is 0 Å². The Labute approximate surface area is 96.7 Å². The van der Waals surface area contributed by atoms with Gasteiger partial charge in [0.15, 0.2) is 0 Å². The molecular weight excluding hydrogens is 196 g/mol. The standard InChI is InChI=1S/C15H18O/c1-15(2,3)14-9-8-11(10-16)12-6-4-5-7-13(12)14/h4-9,16H,10H2,1-3H3. The van der Waals surface area contributed by atoms with Crippen LogP contribution in [0.2, 0.25) is 0 Å². The molecular formula is C15H18O. The SMILES string of the molecule is CC(C)(C)c1ccc(CO)c2ccccc12. The summed E-state index contributed by atoms with van der Waals surface area (Å²) in [6.45, 7) is 6.75. The molecule has 0 fully saturated rings. The molecule has 84 valence electrons. The topological polar surface area (TPSA) is 20.2 Å². The van der Waals surface area contributed by atoms with Crippen LogP contribution in [0.1, 0.15) is 31.9 Å². The second-order valence-corrected chi connectivity index (χ2v) is 5.23. The van der Waals surface area contributed by atoms with Crippen LogP contribution in [-0.2, 0) is 12.0 Å². The lowest BCUT2D eigenvalue weighted by atomic mass is 9.83. The van der Waals surface area contributed by atoms with Crippen molar-refractivity contribution >= 4 is 10.8 Å². The fourth-order valence-corrected chi connectivity index (χ4v) is 2.15. The van der Waals surface area contributed by atoms with Gasteiger partial charge in [0.25, 0.3) is 0 Å². The number of fused-ring (bicyclic) bond motifs is 1. The second kappa shape index (κ2) is 3.91. The molecule has 0 aromatic heterocycles. The zero-order valence-corrected chi connectivity index (χ0v) is 10.1. The molecule has 1 N–H and O–H groups in total. The van der Waals surface area contributed by atoms with Gasteiger partial charge in [-0.3, -0.25) is 0 Å². The number of hydrogen-bond acceptors (Lipinski definition) is 1. The van der Waals surface area contributed by atoms with Crippen molar-refractivity contribution < 1.29 is 5.11 Å². The smallest absolute Gasteiger partial charge is 0.0687 e. The second-order valence-electron chi connectivity index (χ2n) is 5.23. The summed E-state index contributed by atoms with van der Waals surface area (Å²) >= 11 is 0. The molecule has 0 radical (unpaired) electrons. The molecule has 2 aromatic rings. The fraction of sp³-hybridized carbons (Fsp3) is 0.333. The van der Waals surface area contributed by atoms with E-state index >= 15 is 0 Å². The molecule has 0 bridgehead atoms. The molecule has 1 heteroatoms. The van der Waals surface area contributed by atoms with E-state index in [-0.39, 0.29) is 12.0 Å². The van der Waals surface area contributed by atoms with E-state index in [9.17, 15) is 5.11 Å². The first-order chi connectivity index (χ1) is 7.54. The maximum atomic E-state index is 9.33. The molecule has 2 rings (SSSR count). The van der Waals surface area contributed by atoms with E-state index in [1.165, 1.54) is 10.9 Å². The third kappa shape index (κ3) is 1.83. The highest BCUT2D eigenvalue weighted by Gasteiger charge is 2.17. The van der Waals surface area contributed by atoms with Crippen molar-refractivity contribution in [1.29, 1.82) is 0 Å². The van der Waals surface area contributed by atoms with Gasteiger partial charge >= 0.3 is 0 Å². The molecule has 16 heavy (non-hydrogen) atoms. The summed E-state index contributed by atoms with van der Waals surface area (Å²) < 4.78 is 0. The Kier molecular flexibility index (Phi) is 2.73. The van der Waals surface area contributed by atoms with Crippen LogP contribution in [0, 0.1) is 0 Å². The number of hydrogen-bond donors (Lipinski definition) is 1. The van der Waals surface area contributed by atoms with Gasteiger partial charge in [-0.1, -0.05) is 57.2 Å². The van der Waals surface area contributed by atoms with Gasteiger partial charge in [-0.25, -0.2) is 0 Å². The van der Waals surface area contributed by atoms with Crippen LogP contribution < -0.4 is 0 Å². The van der Waals surface area contributed by atoms with Crippen molar-refractivity contribution in [2.75, 3.05) is 0 Å². The molecule has 0 heterocycles. The highest BCUT2D eigenvalue weighted by molar-refractivity contribution is 5.89. The quantitative estimate of drug-likeness (QED) is 0.768. The summed E-state index contributed by atoms with van der Waals surface area (Å²) in [5.41, 5.74) is 2.47. The minimum atomic E-state index is 0.102. The zero-order chi connectivity index (χ0) is 11.8. The van der Waals surface area contributed by atoms with E-state index in [4.69, 9.17) is 0 Å². The molecule has 0 aliphatic carbocycles. The van der Waals surface area contributed by atoms with E-state index < -0.39 is 0 Å². The number of aliphatic hydroxyl groups excluding tert-OH is 1. The Morgan fingerprint density at radius 3 is 2.12 bits per heavy atom. The normalized spacial score (nSPS) is 12.0. The Balaban J connectivity index is 2.80. The number of rotatable bonds is 1. The lowest BCUT2D eigenvalue weighted by Gasteiger charge is -2.22. The Morgan fingerprint density at radius 2 is 1.56 bits per heavy atom. The van der Waals surface area contributed by atoms with Gasteiger partial charge in [-0.15, -0.1) is 0 Å². The van der Waals surface area contributed by atoms with Gasteiger partial charge in [-0.2, -0.15) is 0 Å². The fourth-order valence-electron chi connectivity index (χ4n) is 2.15. The maximum absolute atomic E-state index is 9.33. The highest BCUT2D eigenvalue weighted by Crippen LogP contribution is 2.31. The molecule has 0 aliphatic heterocycles. The van der Waals surface area contributed by atoms with Gasteiger partial charge in [0.2, 0.25) is 0 Å². The Hall–Kier alpha value is -1.34. The molecule has 0 amide bonds. The minimum absolute atomic E-state index is 0.102. The van der Waals surface area contributed by atoms with Crippen molar-refractivity contribution in [3.63, 3.8) is 0 Å². The monoisotopic (exact) mass is 214 g/mol. The summed E-state index contributed by atoms with van der Waals surface area (Å²) in [5.74, 6) is 0. The summed E-state index contributed by atoms with van der Waals surface area (Å²) in [4.78, 5) is 0. The van der Waals surface area contributed by atoms with Gasteiger partial charge in [-0.05, 0) is 27.3 Å². The lowest BCUT2D eigenvalue weighted by Crippen LogP contribution is -2.12. The van der Waals surface area contributed by atoms with Gasteiger partial charge in [0.1, 0.15) is 0 Å². The van der Waals surface area contributed by atoms with Crippen molar-refractivity contribution in [3.8, 4) is 0 Å². The Bertz CT molecular complexity index is 506. The number of aliphatic hydroxyl groups is 1. The van der Waals surface area contributed by atoms with Crippen LogP contribution in [0.25, 0.3) is 10.8 Å². The first-order valence-corrected chi connectivity index (χ1v) is 5.66. The molecule has 0 saturated carbocycles. The van der Waals surface area contributed by atoms with Crippen LogP contribution in [0.15, 0.2) is 36.4 Å². The summed E-state index contributed by atoms with van der Waals surface area (Å²) in [6, 6.07) is 12.5. The van der Waals surface area contributed by atoms with Crippen LogP contribution in [0.5, 0.6) is 0 Å². The van der Waals surface area contributed by atoms with Crippen molar-refractivity contribution in [2.24, 2.45) is 0 Å². The van der Waals surface area contributed by atoms with Crippen LogP contribution in [0.4, 0.5) is 0 Å². The van der Waals surface area contributed by atoms with E-state index in [0.717, 1.165) is 10.9 Å². The van der Waals surface area contributed by atoms with Gasteiger partial charge < -0.3 is 5.11 Å². The van der Waals surface area contributed by atoms with E-state index in [0.29, 0.717) is 0 Å². The summed E-state index contributed by atoms with van der Waals surface area (Å²) in [5, 5.41) is 11.7. The first kappa shape index (κ1) is 11.2. The van der Waals surface area contributed by atoms with Gasteiger partial charge in [0, 0.05) is 0 Å². The van der Waals surface area contributed by atoms with Gasteiger partial charge in [0.05, 0.1) is 6.61 Å². The molecule has 1 nitrogen and oxygen atoms in total. The third-order valence-electron chi connectivity index (χ3n) is 2.99. The molecule has 0 aliphatic rings. The summed E-state index contributed by atoms with van der Waals surface area (Å²) in [6.07, 6.45) is 0. The zero-order valence-electron chi connectivity index (χ0n) is 10.1. The minimum Gasteiger partial charge on any atom is -0.392 e. The van der Waals surface area contributed by atoms with E-state index in [2.05, 4.69) is 45.0 Å². The van der Waals surface area contributed by atoms with E-state index in [1.54, 1.807) is 0 Å². The average Bonchev–Trinajstić information content (AvgIpc) is 2.26. The number of benzene rings is 2. The summed E-state index contributed by atoms with van der Waals surface area (Å²) in [7, 11) is 0. The predicted molar refractivity (Wildman–Crippen MR) is 68.6 cm³/mol.